The van der Waals surface area contributed by atoms with Crippen molar-refractivity contribution in [3.63, 3.8) is 0 Å². The Bertz CT molecular complexity index is 148. The average molecular weight is 168 g/mol. The highest BCUT2D eigenvalue weighted by Gasteiger charge is 2.40. The van der Waals surface area contributed by atoms with Crippen molar-refractivity contribution in [3.05, 3.63) is 0 Å². The molecular weight excluding hydrogens is 148 g/mol. The molecule has 2 fully saturated rings. The number of hydrogen-bond donors (Lipinski definition) is 2. The lowest BCUT2D eigenvalue weighted by Gasteiger charge is -2.28. The second-order valence-corrected chi connectivity index (χ2v) is 4.51. The highest BCUT2D eigenvalue weighted by atomic mass is 15.0. The highest BCUT2D eigenvalue weighted by molar-refractivity contribution is 4.93. The average Bonchev–Trinajstić information content (AvgIpc) is 2.76. The highest BCUT2D eigenvalue weighted by Crippen LogP contribution is 2.47. The molecule has 0 bridgehead atoms. The summed E-state index contributed by atoms with van der Waals surface area (Å²) in [5.41, 5.74) is 0.719. The van der Waals surface area contributed by atoms with E-state index in [2.05, 4.69) is 17.6 Å². The van der Waals surface area contributed by atoms with E-state index in [0.29, 0.717) is 0 Å². The van der Waals surface area contributed by atoms with E-state index >= 15 is 0 Å². The van der Waals surface area contributed by atoms with Crippen LogP contribution in [0.15, 0.2) is 0 Å². The summed E-state index contributed by atoms with van der Waals surface area (Å²) in [4.78, 5) is 0. The zero-order chi connectivity index (χ0) is 8.44. The second-order valence-electron chi connectivity index (χ2n) is 4.51. The summed E-state index contributed by atoms with van der Waals surface area (Å²) in [5, 5.41) is 6.90. The molecule has 1 aliphatic carbocycles. The fourth-order valence-electron chi connectivity index (χ4n) is 1.87. The predicted octanol–water partition coefficient (Wildman–Crippen LogP) is 0.986. The molecule has 12 heavy (non-hydrogen) atoms. The van der Waals surface area contributed by atoms with Crippen LogP contribution in [0.5, 0.6) is 0 Å². The van der Waals surface area contributed by atoms with E-state index in [1.54, 1.807) is 0 Å². The van der Waals surface area contributed by atoms with Crippen molar-refractivity contribution in [1.82, 2.24) is 10.6 Å². The first-order chi connectivity index (χ1) is 5.85. The van der Waals surface area contributed by atoms with Gasteiger partial charge in [-0.15, -0.1) is 0 Å². The molecule has 2 aliphatic rings. The Balaban J connectivity index is 1.56. The van der Waals surface area contributed by atoms with Crippen molar-refractivity contribution in [3.8, 4) is 0 Å². The van der Waals surface area contributed by atoms with E-state index in [1.165, 1.54) is 45.4 Å². The summed E-state index contributed by atoms with van der Waals surface area (Å²) in [7, 11) is 0. The summed E-state index contributed by atoms with van der Waals surface area (Å²) < 4.78 is 0. The molecule has 0 aromatic rings. The minimum Gasteiger partial charge on any atom is -0.316 e. The van der Waals surface area contributed by atoms with Crippen LogP contribution in [-0.4, -0.2) is 26.2 Å². The van der Waals surface area contributed by atoms with Gasteiger partial charge in [0.2, 0.25) is 0 Å². The lowest BCUT2D eigenvalue weighted by molar-refractivity contribution is 0.316. The monoisotopic (exact) mass is 168 g/mol. The van der Waals surface area contributed by atoms with E-state index in [9.17, 15) is 0 Å². The molecule has 0 aromatic carbocycles. The fraction of sp³-hybridized carbons (Fsp3) is 1.00. The van der Waals surface area contributed by atoms with E-state index in [1.807, 2.05) is 0 Å². The summed E-state index contributed by atoms with van der Waals surface area (Å²) in [6.45, 7) is 7.27. The maximum absolute atomic E-state index is 3.60. The van der Waals surface area contributed by atoms with Crippen LogP contribution < -0.4 is 10.6 Å². The van der Waals surface area contributed by atoms with Gasteiger partial charge < -0.3 is 10.6 Å². The predicted molar refractivity (Wildman–Crippen MR) is 51.2 cm³/mol. The Morgan fingerprint density at radius 1 is 1.42 bits per heavy atom. The quantitative estimate of drug-likeness (QED) is 0.639. The number of hydrogen-bond acceptors (Lipinski definition) is 2. The summed E-state index contributed by atoms with van der Waals surface area (Å²) >= 11 is 0. The summed E-state index contributed by atoms with van der Waals surface area (Å²) in [6, 6.07) is 0. The van der Waals surface area contributed by atoms with Crippen molar-refractivity contribution in [1.29, 1.82) is 0 Å². The van der Waals surface area contributed by atoms with Crippen molar-refractivity contribution in [2.24, 2.45) is 11.3 Å². The molecule has 0 aromatic heterocycles. The van der Waals surface area contributed by atoms with Gasteiger partial charge in [0.1, 0.15) is 0 Å². The second kappa shape index (κ2) is 3.35. The zero-order valence-corrected chi connectivity index (χ0v) is 8.03. The SMILES string of the molecule is CCC1(CNCC2CNC2)CC1. The Morgan fingerprint density at radius 3 is 2.58 bits per heavy atom. The Hall–Kier alpha value is -0.0800. The molecule has 1 saturated heterocycles. The Kier molecular flexibility index (Phi) is 2.37. The van der Waals surface area contributed by atoms with E-state index in [-0.39, 0.29) is 0 Å². The van der Waals surface area contributed by atoms with E-state index in [4.69, 9.17) is 0 Å². The van der Waals surface area contributed by atoms with Crippen LogP contribution in [-0.2, 0) is 0 Å². The van der Waals surface area contributed by atoms with Crippen LogP contribution >= 0.6 is 0 Å². The molecule has 1 saturated carbocycles. The van der Waals surface area contributed by atoms with Crippen molar-refractivity contribution < 1.29 is 0 Å². The molecule has 0 unspecified atom stereocenters. The lowest BCUT2D eigenvalue weighted by Crippen LogP contribution is -2.47. The molecule has 0 spiro atoms. The lowest BCUT2D eigenvalue weighted by atomic mass is 10.0. The standard InChI is InChI=1S/C10H20N2/c1-2-10(3-4-10)8-12-7-9-5-11-6-9/h9,11-12H,2-8H2,1H3. The molecule has 0 atom stereocenters. The van der Waals surface area contributed by atoms with Crippen LogP contribution in [0.4, 0.5) is 0 Å². The Labute approximate surface area is 75.1 Å². The molecule has 2 nitrogen and oxygen atoms in total. The molecule has 0 radical (unpaired) electrons. The van der Waals surface area contributed by atoms with Crippen LogP contribution in [0.1, 0.15) is 26.2 Å². The third kappa shape index (κ3) is 1.80. The van der Waals surface area contributed by atoms with Gasteiger partial charge in [-0.05, 0) is 30.6 Å². The van der Waals surface area contributed by atoms with Gasteiger partial charge in [-0.2, -0.15) is 0 Å². The molecule has 0 amide bonds. The van der Waals surface area contributed by atoms with Crippen LogP contribution in [0, 0.1) is 11.3 Å². The zero-order valence-electron chi connectivity index (χ0n) is 8.03. The minimum atomic E-state index is 0.719. The smallest absolute Gasteiger partial charge is 0.000784 e. The molecule has 2 N–H and O–H groups in total. The van der Waals surface area contributed by atoms with Crippen LogP contribution in [0.3, 0.4) is 0 Å². The maximum atomic E-state index is 3.60. The van der Waals surface area contributed by atoms with Gasteiger partial charge in [0.15, 0.2) is 0 Å². The van der Waals surface area contributed by atoms with Gasteiger partial charge in [-0.3, -0.25) is 0 Å². The van der Waals surface area contributed by atoms with Crippen LogP contribution in [0.25, 0.3) is 0 Å². The molecular formula is C10H20N2. The van der Waals surface area contributed by atoms with Gasteiger partial charge >= 0.3 is 0 Å². The molecule has 2 heteroatoms. The van der Waals surface area contributed by atoms with Crippen LogP contribution in [0.2, 0.25) is 0 Å². The molecule has 1 aliphatic heterocycles. The first-order valence-corrected chi connectivity index (χ1v) is 5.26. The summed E-state index contributed by atoms with van der Waals surface area (Å²) in [6.07, 6.45) is 4.28. The first kappa shape index (κ1) is 8.52. The van der Waals surface area contributed by atoms with Gasteiger partial charge in [0.25, 0.3) is 0 Å². The van der Waals surface area contributed by atoms with E-state index < -0.39 is 0 Å². The number of rotatable bonds is 5. The fourth-order valence-corrected chi connectivity index (χ4v) is 1.87. The Morgan fingerprint density at radius 2 is 2.17 bits per heavy atom. The van der Waals surface area contributed by atoms with Gasteiger partial charge in [0.05, 0.1) is 0 Å². The third-order valence-corrected chi connectivity index (χ3v) is 3.51. The third-order valence-electron chi connectivity index (χ3n) is 3.51. The largest absolute Gasteiger partial charge is 0.316 e. The van der Waals surface area contributed by atoms with Crippen molar-refractivity contribution in [2.45, 2.75) is 26.2 Å². The molecule has 1 heterocycles. The van der Waals surface area contributed by atoms with Crippen molar-refractivity contribution in [2.75, 3.05) is 26.2 Å². The topological polar surface area (TPSA) is 24.1 Å². The molecule has 2 rings (SSSR count). The normalized spacial score (nSPS) is 26.8. The maximum Gasteiger partial charge on any atom is 0.000784 e. The van der Waals surface area contributed by atoms with Gasteiger partial charge in [-0.25, -0.2) is 0 Å². The minimum absolute atomic E-state index is 0.719. The van der Waals surface area contributed by atoms with E-state index in [0.717, 1.165) is 11.3 Å². The molecule has 70 valence electrons. The van der Waals surface area contributed by atoms with Crippen molar-refractivity contribution >= 4 is 0 Å². The first-order valence-electron chi connectivity index (χ1n) is 5.26. The van der Waals surface area contributed by atoms with Gasteiger partial charge in [-0.1, -0.05) is 6.92 Å². The summed E-state index contributed by atoms with van der Waals surface area (Å²) in [5.74, 6) is 0.914. The number of nitrogens with one attached hydrogen (secondary N) is 2. The van der Waals surface area contributed by atoms with Gasteiger partial charge in [0, 0.05) is 26.2 Å².